The fraction of sp³-hybridized carbons (Fsp3) is 0.364. The maximum Gasteiger partial charge on any atom is 0.105 e. The zero-order valence-electron chi connectivity index (χ0n) is 14.7. The molecular formula is C22H26BrN. The summed E-state index contributed by atoms with van der Waals surface area (Å²) in [5.41, 5.74) is 3.16. The number of halogens is 1. The predicted octanol–water partition coefficient (Wildman–Crippen LogP) is 2.65. The fourth-order valence-electron chi connectivity index (χ4n) is 4.60. The van der Waals surface area contributed by atoms with Crippen molar-refractivity contribution in [2.75, 3.05) is 13.1 Å². The molecule has 0 bridgehead atoms. The lowest BCUT2D eigenvalue weighted by Crippen LogP contribution is -3.00. The second kappa shape index (κ2) is 6.85. The molecule has 3 aromatic rings. The molecule has 0 fully saturated rings. The van der Waals surface area contributed by atoms with Crippen LogP contribution in [0.4, 0.5) is 0 Å². The molecule has 1 heterocycles. The van der Waals surface area contributed by atoms with Crippen molar-refractivity contribution in [3.8, 4) is 0 Å². The first kappa shape index (κ1) is 17.4. The van der Waals surface area contributed by atoms with Gasteiger partial charge >= 0.3 is 0 Å². The fourth-order valence-corrected chi connectivity index (χ4v) is 4.60. The molecule has 0 amide bonds. The van der Waals surface area contributed by atoms with Crippen molar-refractivity contribution in [3.63, 3.8) is 0 Å². The average molecular weight is 384 g/mol. The first-order chi connectivity index (χ1) is 11.2. The summed E-state index contributed by atoms with van der Waals surface area (Å²) in [6.45, 7) is 9.69. The summed E-state index contributed by atoms with van der Waals surface area (Å²) in [4.78, 5) is 0. The molecule has 126 valence electrons. The van der Waals surface area contributed by atoms with Gasteiger partial charge in [0, 0.05) is 11.1 Å². The maximum absolute atomic E-state index is 2.48. The van der Waals surface area contributed by atoms with Crippen LogP contribution in [0.15, 0.2) is 48.5 Å². The van der Waals surface area contributed by atoms with Gasteiger partial charge in [0.1, 0.15) is 13.1 Å². The molecule has 0 aliphatic carbocycles. The summed E-state index contributed by atoms with van der Waals surface area (Å²) in [6.07, 6.45) is 2.55. The van der Waals surface area contributed by atoms with Crippen molar-refractivity contribution in [2.24, 2.45) is 0 Å². The quantitative estimate of drug-likeness (QED) is 0.479. The first-order valence-corrected chi connectivity index (χ1v) is 9.03. The van der Waals surface area contributed by atoms with E-state index in [1.165, 1.54) is 65.0 Å². The molecule has 4 rings (SSSR count). The van der Waals surface area contributed by atoms with E-state index in [4.69, 9.17) is 0 Å². The molecule has 0 atom stereocenters. The summed E-state index contributed by atoms with van der Waals surface area (Å²) < 4.78 is 1.26. The van der Waals surface area contributed by atoms with Crippen LogP contribution in [0.1, 0.15) is 37.8 Å². The number of hydrogen-bond acceptors (Lipinski definition) is 0. The summed E-state index contributed by atoms with van der Waals surface area (Å²) in [6, 6.07) is 18.3. The van der Waals surface area contributed by atoms with Gasteiger partial charge in [0.2, 0.25) is 0 Å². The zero-order chi connectivity index (χ0) is 15.9. The highest BCUT2D eigenvalue weighted by Crippen LogP contribution is 2.36. The molecule has 0 saturated carbocycles. The Morgan fingerprint density at radius 1 is 0.750 bits per heavy atom. The minimum atomic E-state index is 0. The molecule has 0 unspecified atom stereocenters. The van der Waals surface area contributed by atoms with Crippen LogP contribution < -0.4 is 17.0 Å². The largest absolute Gasteiger partial charge is 1.00 e. The number of quaternary nitrogens is 1. The molecule has 1 aliphatic rings. The topological polar surface area (TPSA) is 0 Å². The molecule has 0 N–H and O–H groups in total. The van der Waals surface area contributed by atoms with Crippen molar-refractivity contribution in [1.29, 1.82) is 0 Å². The summed E-state index contributed by atoms with van der Waals surface area (Å²) in [5.74, 6) is 0. The molecule has 0 radical (unpaired) electrons. The van der Waals surface area contributed by atoms with Crippen molar-refractivity contribution in [2.45, 2.75) is 39.8 Å². The van der Waals surface area contributed by atoms with E-state index in [2.05, 4.69) is 62.4 Å². The van der Waals surface area contributed by atoms with Crippen LogP contribution in [0.5, 0.6) is 0 Å². The van der Waals surface area contributed by atoms with Crippen LogP contribution in [-0.4, -0.2) is 17.6 Å². The van der Waals surface area contributed by atoms with Gasteiger partial charge in [0.25, 0.3) is 0 Å². The van der Waals surface area contributed by atoms with Gasteiger partial charge in [0.15, 0.2) is 0 Å². The van der Waals surface area contributed by atoms with Gasteiger partial charge in [-0.15, -0.1) is 0 Å². The van der Waals surface area contributed by atoms with Crippen LogP contribution in [-0.2, 0) is 13.1 Å². The highest BCUT2D eigenvalue weighted by molar-refractivity contribution is 6.07. The Kier molecular flexibility index (Phi) is 4.98. The van der Waals surface area contributed by atoms with Crippen LogP contribution in [0, 0.1) is 0 Å². The Balaban J connectivity index is 0.00000169. The minimum absolute atomic E-state index is 0. The third kappa shape index (κ3) is 2.87. The number of fused-ring (bicyclic) bond motifs is 4. The molecule has 0 aromatic heterocycles. The molecule has 1 aliphatic heterocycles. The van der Waals surface area contributed by atoms with Gasteiger partial charge < -0.3 is 21.5 Å². The van der Waals surface area contributed by atoms with Crippen molar-refractivity contribution < 1.29 is 21.5 Å². The molecular weight excluding hydrogens is 358 g/mol. The smallest absolute Gasteiger partial charge is 0.105 e. The molecule has 0 saturated heterocycles. The number of nitrogens with zero attached hydrogens (tertiary/aromatic N) is 1. The van der Waals surface area contributed by atoms with Crippen LogP contribution in [0.25, 0.3) is 21.5 Å². The molecule has 2 heteroatoms. The maximum atomic E-state index is 2.48. The predicted molar refractivity (Wildman–Crippen MR) is 99.4 cm³/mol. The Labute approximate surface area is 155 Å². The van der Waals surface area contributed by atoms with Crippen LogP contribution >= 0.6 is 0 Å². The van der Waals surface area contributed by atoms with Gasteiger partial charge in [-0.1, -0.05) is 50.2 Å². The highest BCUT2D eigenvalue weighted by atomic mass is 79.9. The van der Waals surface area contributed by atoms with Crippen molar-refractivity contribution in [3.05, 3.63) is 59.7 Å². The monoisotopic (exact) mass is 383 g/mol. The second-order valence-corrected chi connectivity index (χ2v) is 7.23. The highest BCUT2D eigenvalue weighted by Gasteiger charge is 2.34. The van der Waals surface area contributed by atoms with Gasteiger partial charge in [-0.2, -0.15) is 0 Å². The number of benzene rings is 3. The first-order valence-electron chi connectivity index (χ1n) is 9.03. The van der Waals surface area contributed by atoms with E-state index >= 15 is 0 Å². The number of hydrogen-bond donors (Lipinski definition) is 0. The second-order valence-electron chi connectivity index (χ2n) is 7.23. The Morgan fingerprint density at radius 3 is 2.08 bits per heavy atom. The lowest BCUT2D eigenvalue weighted by Gasteiger charge is -2.33. The average Bonchev–Trinajstić information content (AvgIpc) is 2.90. The molecule has 0 spiro atoms. The standard InChI is InChI=1S/C22H26N.BrH/c1-3-11-23(12-4-2)15-19-13-18-10-9-17-7-5-6-8-21(17)22(18)14-20(19)16-23;/h5-10,13-14H,3-4,11-12,15-16H2,1-2H3;1H/q+1;/p-1. The Bertz CT molecular complexity index is 862. The lowest BCUT2D eigenvalue weighted by molar-refractivity contribution is -0.947. The molecule has 3 aromatic carbocycles. The van der Waals surface area contributed by atoms with Crippen LogP contribution in [0.3, 0.4) is 0 Å². The van der Waals surface area contributed by atoms with Crippen molar-refractivity contribution in [1.82, 2.24) is 0 Å². The normalized spacial score (nSPS) is 15.4. The summed E-state index contributed by atoms with van der Waals surface area (Å²) in [7, 11) is 0. The summed E-state index contributed by atoms with van der Waals surface area (Å²) in [5, 5.41) is 5.56. The SMILES string of the molecule is CCC[N+]1(CCC)Cc2cc3ccc4ccccc4c3cc2C1.[Br-]. The van der Waals surface area contributed by atoms with E-state index in [0.29, 0.717) is 0 Å². The zero-order valence-corrected chi connectivity index (χ0v) is 16.3. The van der Waals surface area contributed by atoms with E-state index in [-0.39, 0.29) is 17.0 Å². The van der Waals surface area contributed by atoms with Crippen molar-refractivity contribution >= 4 is 21.5 Å². The third-order valence-corrected chi connectivity index (χ3v) is 5.47. The van der Waals surface area contributed by atoms with E-state index in [1.54, 1.807) is 11.1 Å². The third-order valence-electron chi connectivity index (χ3n) is 5.47. The minimum Gasteiger partial charge on any atom is -1.00 e. The van der Waals surface area contributed by atoms with Gasteiger partial charge in [0.05, 0.1) is 13.1 Å². The Hall–Kier alpha value is -1.38. The molecule has 24 heavy (non-hydrogen) atoms. The van der Waals surface area contributed by atoms with E-state index in [0.717, 1.165) is 0 Å². The van der Waals surface area contributed by atoms with E-state index < -0.39 is 0 Å². The Morgan fingerprint density at radius 2 is 1.38 bits per heavy atom. The molecule has 1 nitrogen and oxygen atoms in total. The van der Waals surface area contributed by atoms with E-state index in [9.17, 15) is 0 Å². The van der Waals surface area contributed by atoms with E-state index in [1.807, 2.05) is 0 Å². The van der Waals surface area contributed by atoms with Gasteiger partial charge in [-0.3, -0.25) is 0 Å². The summed E-state index contributed by atoms with van der Waals surface area (Å²) >= 11 is 0. The number of rotatable bonds is 4. The lowest BCUT2D eigenvalue weighted by atomic mass is 9.98. The van der Waals surface area contributed by atoms with Gasteiger partial charge in [-0.25, -0.2) is 0 Å². The van der Waals surface area contributed by atoms with Gasteiger partial charge in [-0.05, 0) is 46.5 Å². The van der Waals surface area contributed by atoms with Crippen LogP contribution in [0.2, 0.25) is 0 Å².